The van der Waals surface area contributed by atoms with Crippen LogP contribution in [0.4, 0.5) is 5.69 Å². The number of hydrogen-bond acceptors (Lipinski definition) is 2. The molecule has 3 rings (SSSR count). The lowest BCUT2D eigenvalue weighted by atomic mass is 10.1. The van der Waals surface area contributed by atoms with Crippen LogP contribution in [0, 0.1) is 0 Å². The number of fused-ring (bicyclic) bond motifs is 3. The first kappa shape index (κ1) is 16.7. The van der Waals surface area contributed by atoms with Crippen molar-refractivity contribution in [1.82, 2.24) is 9.88 Å². The van der Waals surface area contributed by atoms with Crippen LogP contribution in [0.2, 0.25) is 0 Å². The van der Waals surface area contributed by atoms with E-state index in [1.165, 1.54) is 21.8 Å². The first-order valence-electron chi connectivity index (χ1n) is 8.29. The predicted molar refractivity (Wildman–Crippen MR) is 106 cm³/mol. The van der Waals surface area contributed by atoms with Gasteiger partial charge in [-0.1, -0.05) is 18.2 Å². The monoisotopic (exact) mass is 341 g/mol. The van der Waals surface area contributed by atoms with Crippen LogP contribution >= 0.6 is 12.2 Å². The van der Waals surface area contributed by atoms with Crippen molar-refractivity contribution in [2.45, 2.75) is 19.9 Å². The summed E-state index contributed by atoms with van der Waals surface area (Å²) in [5.74, 6) is 0. The van der Waals surface area contributed by atoms with Crippen LogP contribution in [0.15, 0.2) is 42.5 Å². The van der Waals surface area contributed by atoms with E-state index < -0.39 is 0 Å². The first-order chi connectivity index (χ1) is 11.7. The maximum atomic E-state index is 5.36. The normalized spacial score (nSPS) is 11.1. The minimum atomic E-state index is 0.643. The quantitative estimate of drug-likeness (QED) is 0.522. The van der Waals surface area contributed by atoms with Crippen LogP contribution in [-0.4, -0.2) is 29.9 Å². The van der Waals surface area contributed by atoms with Crippen LogP contribution in [0.3, 0.4) is 0 Å². The standard InChI is InChI=1S/C19H23N3OS/c1-3-22-17-8-5-4-7-15(17)16-13-14(9-10-18(16)22)21-19(24)20-11-6-12-23-2/h4-5,7-10,13H,3,6,11-12H2,1-2H3,(H2,20,21,24). The molecule has 5 heteroatoms. The lowest BCUT2D eigenvalue weighted by molar-refractivity contribution is 0.196. The highest BCUT2D eigenvalue weighted by Gasteiger charge is 2.09. The van der Waals surface area contributed by atoms with E-state index in [1.807, 2.05) is 0 Å². The Bertz CT molecular complexity index is 856. The third-order valence-corrected chi connectivity index (χ3v) is 4.40. The molecule has 0 spiro atoms. The second kappa shape index (κ2) is 7.64. The van der Waals surface area contributed by atoms with Gasteiger partial charge in [0.05, 0.1) is 0 Å². The van der Waals surface area contributed by atoms with E-state index in [4.69, 9.17) is 17.0 Å². The van der Waals surface area contributed by atoms with Crippen LogP contribution in [0.1, 0.15) is 13.3 Å². The minimum Gasteiger partial charge on any atom is -0.385 e. The average Bonchev–Trinajstić information content (AvgIpc) is 2.92. The van der Waals surface area contributed by atoms with Crippen LogP contribution < -0.4 is 10.6 Å². The summed E-state index contributed by atoms with van der Waals surface area (Å²) >= 11 is 5.36. The van der Waals surface area contributed by atoms with Gasteiger partial charge in [-0.25, -0.2) is 0 Å². The fourth-order valence-electron chi connectivity index (χ4n) is 3.07. The molecule has 0 aliphatic heterocycles. The lowest BCUT2D eigenvalue weighted by Gasteiger charge is -2.11. The smallest absolute Gasteiger partial charge is 0.170 e. The molecule has 0 amide bonds. The number of nitrogens with one attached hydrogen (secondary N) is 2. The fraction of sp³-hybridized carbons (Fsp3) is 0.316. The summed E-state index contributed by atoms with van der Waals surface area (Å²) in [6.07, 6.45) is 0.932. The van der Waals surface area contributed by atoms with Gasteiger partial charge in [0.25, 0.3) is 0 Å². The number of anilines is 1. The molecular formula is C19H23N3OS. The Morgan fingerprint density at radius 3 is 2.71 bits per heavy atom. The molecule has 0 saturated heterocycles. The number of thiocarbonyl (C=S) groups is 1. The van der Waals surface area contributed by atoms with Crippen molar-refractivity contribution >= 4 is 44.8 Å². The molecule has 0 aliphatic rings. The van der Waals surface area contributed by atoms with E-state index in [2.05, 4.69) is 64.6 Å². The number of nitrogens with zero attached hydrogens (tertiary/aromatic N) is 1. The molecule has 2 N–H and O–H groups in total. The number of para-hydroxylation sites is 1. The van der Waals surface area contributed by atoms with Crippen molar-refractivity contribution < 1.29 is 4.74 Å². The molecule has 0 aliphatic carbocycles. The van der Waals surface area contributed by atoms with Gasteiger partial charge in [-0.2, -0.15) is 0 Å². The maximum Gasteiger partial charge on any atom is 0.170 e. The molecule has 0 fully saturated rings. The fourth-order valence-corrected chi connectivity index (χ4v) is 3.29. The number of hydrogen-bond donors (Lipinski definition) is 2. The van der Waals surface area contributed by atoms with Crippen LogP contribution in [0.25, 0.3) is 21.8 Å². The molecule has 0 saturated carbocycles. The van der Waals surface area contributed by atoms with Gasteiger partial charge < -0.3 is 19.9 Å². The summed E-state index contributed by atoms with van der Waals surface area (Å²) in [4.78, 5) is 0. The Morgan fingerprint density at radius 2 is 1.92 bits per heavy atom. The van der Waals surface area contributed by atoms with Gasteiger partial charge in [0.2, 0.25) is 0 Å². The Labute approximate surface area is 147 Å². The number of ether oxygens (including phenoxy) is 1. The largest absolute Gasteiger partial charge is 0.385 e. The highest BCUT2D eigenvalue weighted by atomic mass is 32.1. The molecule has 1 aromatic heterocycles. The highest BCUT2D eigenvalue weighted by molar-refractivity contribution is 7.80. The van der Waals surface area contributed by atoms with E-state index in [0.717, 1.165) is 31.8 Å². The number of aromatic nitrogens is 1. The van der Waals surface area contributed by atoms with Crippen molar-refractivity contribution in [3.8, 4) is 0 Å². The van der Waals surface area contributed by atoms with Gasteiger partial charge >= 0.3 is 0 Å². The van der Waals surface area contributed by atoms with Crippen molar-refractivity contribution in [3.63, 3.8) is 0 Å². The second-order valence-corrected chi connectivity index (χ2v) is 6.13. The number of rotatable bonds is 6. The Kier molecular flexibility index (Phi) is 5.33. The summed E-state index contributed by atoms with van der Waals surface area (Å²) in [5.41, 5.74) is 3.53. The molecule has 0 atom stereocenters. The van der Waals surface area contributed by atoms with Crippen molar-refractivity contribution in [3.05, 3.63) is 42.5 Å². The first-order valence-corrected chi connectivity index (χ1v) is 8.70. The number of aryl methyl sites for hydroxylation is 1. The van der Waals surface area contributed by atoms with Crippen molar-refractivity contribution in [2.75, 3.05) is 25.6 Å². The topological polar surface area (TPSA) is 38.2 Å². The van der Waals surface area contributed by atoms with E-state index in [9.17, 15) is 0 Å². The summed E-state index contributed by atoms with van der Waals surface area (Å²) < 4.78 is 7.38. The van der Waals surface area contributed by atoms with E-state index in [1.54, 1.807) is 7.11 Å². The predicted octanol–water partition coefficient (Wildman–Crippen LogP) is 4.14. The molecule has 0 unspecified atom stereocenters. The van der Waals surface area contributed by atoms with E-state index >= 15 is 0 Å². The van der Waals surface area contributed by atoms with Gasteiger partial charge in [0.15, 0.2) is 5.11 Å². The van der Waals surface area contributed by atoms with Crippen molar-refractivity contribution in [2.24, 2.45) is 0 Å². The van der Waals surface area contributed by atoms with E-state index in [-0.39, 0.29) is 0 Å². The molecule has 0 radical (unpaired) electrons. The van der Waals surface area contributed by atoms with Gasteiger partial charge in [0.1, 0.15) is 0 Å². The lowest BCUT2D eigenvalue weighted by Crippen LogP contribution is -2.29. The number of benzene rings is 2. The second-order valence-electron chi connectivity index (χ2n) is 5.72. The van der Waals surface area contributed by atoms with Gasteiger partial charge in [0, 0.05) is 54.3 Å². The van der Waals surface area contributed by atoms with Crippen LogP contribution in [0.5, 0.6) is 0 Å². The molecule has 4 nitrogen and oxygen atoms in total. The van der Waals surface area contributed by atoms with Gasteiger partial charge in [-0.3, -0.25) is 0 Å². The third-order valence-electron chi connectivity index (χ3n) is 4.16. The molecule has 2 aromatic carbocycles. The number of methoxy groups -OCH3 is 1. The summed E-state index contributed by atoms with van der Waals surface area (Å²) in [6.45, 7) is 4.67. The zero-order chi connectivity index (χ0) is 16.9. The zero-order valence-corrected chi connectivity index (χ0v) is 15.0. The molecule has 126 valence electrons. The average molecular weight is 341 g/mol. The molecule has 0 bridgehead atoms. The molecule has 3 aromatic rings. The molecule has 24 heavy (non-hydrogen) atoms. The zero-order valence-electron chi connectivity index (χ0n) is 14.1. The highest BCUT2D eigenvalue weighted by Crippen LogP contribution is 2.30. The summed E-state index contributed by atoms with van der Waals surface area (Å²) in [7, 11) is 1.71. The summed E-state index contributed by atoms with van der Waals surface area (Å²) in [5, 5.41) is 9.64. The SMILES string of the molecule is CCn1c2ccccc2c2cc(NC(=S)NCCCOC)ccc21. The Morgan fingerprint density at radius 1 is 1.12 bits per heavy atom. The third kappa shape index (κ3) is 3.37. The Balaban J connectivity index is 1.83. The molecular weight excluding hydrogens is 318 g/mol. The Hall–Kier alpha value is -2.11. The van der Waals surface area contributed by atoms with E-state index in [0.29, 0.717) is 5.11 Å². The van der Waals surface area contributed by atoms with Gasteiger partial charge in [-0.05, 0) is 49.8 Å². The minimum absolute atomic E-state index is 0.643. The molecule has 1 heterocycles. The van der Waals surface area contributed by atoms with Crippen LogP contribution in [-0.2, 0) is 11.3 Å². The van der Waals surface area contributed by atoms with Crippen molar-refractivity contribution in [1.29, 1.82) is 0 Å². The van der Waals surface area contributed by atoms with Gasteiger partial charge in [-0.15, -0.1) is 0 Å². The summed E-state index contributed by atoms with van der Waals surface area (Å²) in [6, 6.07) is 14.9. The maximum absolute atomic E-state index is 5.36.